The highest BCUT2D eigenvalue weighted by molar-refractivity contribution is 5.78. The number of amides is 1. The SMILES string of the molecule is CCOc1ccc(OCC(=O)N2C[C@H]3CNC[C@H]3C2)cc1. The van der Waals surface area contributed by atoms with Crippen molar-refractivity contribution in [2.75, 3.05) is 39.4 Å². The van der Waals surface area contributed by atoms with Crippen molar-refractivity contribution in [3.63, 3.8) is 0 Å². The topological polar surface area (TPSA) is 50.8 Å². The Morgan fingerprint density at radius 1 is 1.14 bits per heavy atom. The molecule has 5 nitrogen and oxygen atoms in total. The third-order valence-electron chi connectivity index (χ3n) is 4.24. The average Bonchev–Trinajstić information content (AvgIpc) is 3.08. The summed E-state index contributed by atoms with van der Waals surface area (Å²) < 4.78 is 10.9. The molecule has 0 unspecified atom stereocenters. The van der Waals surface area contributed by atoms with E-state index in [1.54, 1.807) is 0 Å². The number of carbonyl (C=O) groups excluding carboxylic acids is 1. The Kier molecular flexibility index (Phi) is 4.29. The van der Waals surface area contributed by atoms with Crippen LogP contribution in [-0.4, -0.2) is 50.2 Å². The lowest BCUT2D eigenvalue weighted by atomic mass is 10.0. The fraction of sp³-hybridized carbons (Fsp3) is 0.562. The molecule has 1 amide bonds. The smallest absolute Gasteiger partial charge is 0.260 e. The van der Waals surface area contributed by atoms with Crippen LogP contribution >= 0.6 is 0 Å². The standard InChI is InChI=1S/C16H22N2O3/c1-2-20-14-3-5-15(6-4-14)21-11-16(19)18-9-12-7-17-8-13(12)10-18/h3-6,12-13,17H,2,7-11H2,1H3/t12-,13+. The number of benzene rings is 1. The van der Waals surface area contributed by atoms with E-state index in [9.17, 15) is 4.79 Å². The second-order valence-electron chi connectivity index (χ2n) is 5.67. The number of carbonyl (C=O) groups is 1. The maximum absolute atomic E-state index is 12.2. The first-order chi connectivity index (χ1) is 10.3. The Labute approximate surface area is 125 Å². The molecule has 2 atom stereocenters. The number of likely N-dealkylation sites (tertiary alicyclic amines) is 1. The van der Waals surface area contributed by atoms with E-state index in [0.717, 1.165) is 31.9 Å². The van der Waals surface area contributed by atoms with Gasteiger partial charge < -0.3 is 19.7 Å². The van der Waals surface area contributed by atoms with Gasteiger partial charge in [0, 0.05) is 26.2 Å². The third-order valence-corrected chi connectivity index (χ3v) is 4.24. The van der Waals surface area contributed by atoms with Gasteiger partial charge in [-0.15, -0.1) is 0 Å². The third kappa shape index (κ3) is 3.29. The number of nitrogens with zero attached hydrogens (tertiary/aromatic N) is 1. The van der Waals surface area contributed by atoms with Gasteiger partial charge in [-0.25, -0.2) is 0 Å². The normalized spacial score (nSPS) is 24.0. The fourth-order valence-electron chi connectivity index (χ4n) is 3.09. The van der Waals surface area contributed by atoms with Crippen LogP contribution in [0.4, 0.5) is 0 Å². The molecule has 3 rings (SSSR count). The number of rotatable bonds is 5. The molecule has 2 saturated heterocycles. The Bertz CT molecular complexity index is 477. The summed E-state index contributed by atoms with van der Waals surface area (Å²) >= 11 is 0. The Hall–Kier alpha value is -1.75. The molecule has 1 N–H and O–H groups in total. The van der Waals surface area contributed by atoms with Crippen LogP contribution in [0.25, 0.3) is 0 Å². The molecule has 0 radical (unpaired) electrons. The minimum absolute atomic E-state index is 0.0817. The van der Waals surface area contributed by atoms with E-state index in [0.29, 0.717) is 24.2 Å². The van der Waals surface area contributed by atoms with Crippen LogP contribution in [0, 0.1) is 11.8 Å². The molecule has 2 aliphatic rings. The van der Waals surface area contributed by atoms with Crippen molar-refractivity contribution in [1.29, 1.82) is 0 Å². The van der Waals surface area contributed by atoms with E-state index in [2.05, 4.69) is 5.32 Å². The molecule has 2 fully saturated rings. The van der Waals surface area contributed by atoms with Crippen LogP contribution in [0.5, 0.6) is 11.5 Å². The lowest BCUT2D eigenvalue weighted by Crippen LogP contribution is -2.35. The molecule has 0 saturated carbocycles. The van der Waals surface area contributed by atoms with Crippen molar-refractivity contribution in [2.24, 2.45) is 11.8 Å². The maximum Gasteiger partial charge on any atom is 0.260 e. The fourth-order valence-corrected chi connectivity index (χ4v) is 3.09. The summed E-state index contributed by atoms with van der Waals surface area (Å²) in [6.07, 6.45) is 0. The number of hydrogen-bond acceptors (Lipinski definition) is 4. The van der Waals surface area contributed by atoms with Gasteiger partial charge in [-0.05, 0) is 43.0 Å². The Morgan fingerprint density at radius 3 is 2.29 bits per heavy atom. The van der Waals surface area contributed by atoms with Gasteiger partial charge in [0.05, 0.1) is 6.61 Å². The summed E-state index contributed by atoms with van der Waals surface area (Å²) in [7, 11) is 0. The van der Waals surface area contributed by atoms with E-state index in [4.69, 9.17) is 9.47 Å². The number of ether oxygens (including phenoxy) is 2. The number of fused-ring (bicyclic) bond motifs is 1. The van der Waals surface area contributed by atoms with Crippen LogP contribution in [-0.2, 0) is 4.79 Å². The number of nitrogens with one attached hydrogen (secondary N) is 1. The molecule has 2 aliphatic heterocycles. The van der Waals surface area contributed by atoms with E-state index < -0.39 is 0 Å². The van der Waals surface area contributed by atoms with E-state index in [1.807, 2.05) is 36.1 Å². The zero-order chi connectivity index (χ0) is 14.7. The van der Waals surface area contributed by atoms with Crippen LogP contribution in [0.3, 0.4) is 0 Å². The van der Waals surface area contributed by atoms with Crippen LogP contribution in [0.2, 0.25) is 0 Å². The lowest BCUT2D eigenvalue weighted by molar-refractivity contribution is -0.132. The largest absolute Gasteiger partial charge is 0.494 e. The van der Waals surface area contributed by atoms with Gasteiger partial charge in [0.25, 0.3) is 5.91 Å². The van der Waals surface area contributed by atoms with Crippen molar-refractivity contribution >= 4 is 5.91 Å². The van der Waals surface area contributed by atoms with E-state index >= 15 is 0 Å². The molecule has 1 aromatic rings. The predicted octanol–water partition coefficient (Wildman–Crippen LogP) is 1.14. The first-order valence-corrected chi connectivity index (χ1v) is 7.60. The van der Waals surface area contributed by atoms with Gasteiger partial charge in [0.1, 0.15) is 11.5 Å². The van der Waals surface area contributed by atoms with E-state index in [-0.39, 0.29) is 12.5 Å². The molecule has 0 aliphatic carbocycles. The van der Waals surface area contributed by atoms with Crippen molar-refractivity contribution in [3.8, 4) is 11.5 Å². The molecule has 2 heterocycles. The Balaban J connectivity index is 1.47. The van der Waals surface area contributed by atoms with Crippen molar-refractivity contribution in [1.82, 2.24) is 10.2 Å². The maximum atomic E-state index is 12.2. The zero-order valence-electron chi connectivity index (χ0n) is 12.4. The van der Waals surface area contributed by atoms with Gasteiger partial charge in [0.2, 0.25) is 0 Å². The van der Waals surface area contributed by atoms with Crippen LogP contribution in [0.15, 0.2) is 24.3 Å². The molecule has 114 valence electrons. The van der Waals surface area contributed by atoms with Gasteiger partial charge in [-0.2, -0.15) is 0 Å². The van der Waals surface area contributed by atoms with E-state index in [1.165, 1.54) is 0 Å². The van der Waals surface area contributed by atoms with Crippen LogP contribution in [0.1, 0.15) is 6.92 Å². The first-order valence-electron chi connectivity index (χ1n) is 7.60. The molecule has 21 heavy (non-hydrogen) atoms. The molecule has 0 spiro atoms. The average molecular weight is 290 g/mol. The minimum Gasteiger partial charge on any atom is -0.494 e. The molecule has 0 bridgehead atoms. The second kappa shape index (κ2) is 6.35. The quantitative estimate of drug-likeness (QED) is 0.883. The number of hydrogen-bond donors (Lipinski definition) is 1. The molecule has 5 heteroatoms. The highest BCUT2D eigenvalue weighted by atomic mass is 16.5. The summed E-state index contributed by atoms with van der Waals surface area (Å²) in [5.74, 6) is 2.85. The molecular formula is C16H22N2O3. The highest BCUT2D eigenvalue weighted by Crippen LogP contribution is 2.26. The summed E-state index contributed by atoms with van der Waals surface area (Å²) in [4.78, 5) is 14.1. The summed E-state index contributed by atoms with van der Waals surface area (Å²) in [5.41, 5.74) is 0. The minimum atomic E-state index is 0.0817. The highest BCUT2D eigenvalue weighted by Gasteiger charge is 2.37. The molecule has 1 aromatic carbocycles. The van der Waals surface area contributed by atoms with Gasteiger partial charge in [0.15, 0.2) is 6.61 Å². The molecular weight excluding hydrogens is 268 g/mol. The summed E-state index contributed by atoms with van der Waals surface area (Å²) in [5, 5.41) is 3.38. The summed E-state index contributed by atoms with van der Waals surface area (Å²) in [6, 6.07) is 7.38. The van der Waals surface area contributed by atoms with Gasteiger partial charge in [-0.1, -0.05) is 0 Å². The predicted molar refractivity (Wildman–Crippen MR) is 79.5 cm³/mol. The monoisotopic (exact) mass is 290 g/mol. The van der Waals surface area contributed by atoms with Crippen molar-refractivity contribution in [3.05, 3.63) is 24.3 Å². The molecule has 0 aromatic heterocycles. The second-order valence-corrected chi connectivity index (χ2v) is 5.67. The van der Waals surface area contributed by atoms with Gasteiger partial charge in [-0.3, -0.25) is 4.79 Å². The first kappa shape index (κ1) is 14.2. The van der Waals surface area contributed by atoms with Gasteiger partial charge >= 0.3 is 0 Å². The Morgan fingerprint density at radius 2 is 1.71 bits per heavy atom. The zero-order valence-corrected chi connectivity index (χ0v) is 12.4. The summed E-state index contributed by atoms with van der Waals surface area (Å²) in [6.45, 7) is 6.50. The lowest BCUT2D eigenvalue weighted by Gasteiger charge is -2.17. The van der Waals surface area contributed by atoms with Crippen molar-refractivity contribution in [2.45, 2.75) is 6.92 Å². The van der Waals surface area contributed by atoms with Crippen LogP contribution < -0.4 is 14.8 Å². The van der Waals surface area contributed by atoms with Crippen molar-refractivity contribution < 1.29 is 14.3 Å².